The summed E-state index contributed by atoms with van der Waals surface area (Å²) in [5, 5.41) is 27.7. The molecular weight excluding hydrogens is 560 g/mol. The highest BCUT2D eigenvalue weighted by molar-refractivity contribution is 7.80. The molecule has 1 heterocycles. The molecule has 0 saturated carbocycles. The van der Waals surface area contributed by atoms with Crippen molar-refractivity contribution in [1.82, 2.24) is 20.9 Å². The number of nitrogens with two attached hydrogens (primary N) is 2. The maximum Gasteiger partial charge on any atom is 0.326 e. The minimum atomic E-state index is -1.20. The zero-order chi connectivity index (χ0) is 30.6. The van der Waals surface area contributed by atoms with Crippen LogP contribution in [-0.4, -0.2) is 75.4 Å². The molecule has 3 amide bonds. The van der Waals surface area contributed by atoms with Crippen LogP contribution in [0, 0.1) is 0 Å². The van der Waals surface area contributed by atoms with Crippen LogP contribution in [0.25, 0.3) is 10.9 Å². The van der Waals surface area contributed by atoms with Gasteiger partial charge in [0, 0.05) is 29.3 Å². The van der Waals surface area contributed by atoms with Crippen molar-refractivity contribution in [2.45, 2.75) is 56.3 Å². The predicted octanol–water partition coefficient (Wildman–Crippen LogP) is 0.584. The lowest BCUT2D eigenvalue weighted by Gasteiger charge is -2.24. The second kappa shape index (κ2) is 15.8. The fraction of sp³-hybridized carbons (Fsp3) is 0.379. The summed E-state index contributed by atoms with van der Waals surface area (Å²) in [4.78, 5) is 54.4. The molecule has 42 heavy (non-hydrogen) atoms. The molecule has 0 radical (unpaired) electrons. The Hall–Kier alpha value is -4.07. The van der Waals surface area contributed by atoms with Crippen LogP contribution in [0.3, 0.4) is 0 Å². The minimum absolute atomic E-state index is 0.0836. The molecule has 0 aliphatic carbocycles. The van der Waals surface area contributed by atoms with Crippen LogP contribution in [0.2, 0.25) is 0 Å². The van der Waals surface area contributed by atoms with E-state index in [1.165, 1.54) is 12.1 Å². The quantitative estimate of drug-likeness (QED) is 0.0838. The standard InChI is InChI=1S/C29H38N6O6S/c30-12-4-3-7-23(29(40)41)33-28(39)25(16-42)35-27(38)24(14-18-15-32-22-6-2-1-5-20(18)22)34-26(37)21(31)13-17-8-10-19(36)11-9-17/h1-2,5-6,8-11,15,21,23-25,32,36,42H,3-4,7,12-14,16,30-31H2,(H,33,39)(H,34,37)(H,35,38)(H,40,41). The molecule has 4 unspecified atom stereocenters. The number of thiol groups is 1. The molecule has 10 N–H and O–H groups in total. The van der Waals surface area contributed by atoms with Gasteiger partial charge in [0.25, 0.3) is 0 Å². The van der Waals surface area contributed by atoms with Crippen LogP contribution in [0.5, 0.6) is 5.75 Å². The maximum absolute atomic E-state index is 13.5. The third-order valence-corrected chi connectivity index (χ3v) is 7.20. The van der Waals surface area contributed by atoms with E-state index in [0.717, 1.165) is 22.0 Å². The Morgan fingerprint density at radius 3 is 2.17 bits per heavy atom. The molecule has 3 rings (SSSR count). The maximum atomic E-state index is 13.5. The second-order valence-electron chi connectivity index (χ2n) is 10.0. The molecule has 0 fully saturated rings. The van der Waals surface area contributed by atoms with E-state index >= 15 is 0 Å². The van der Waals surface area contributed by atoms with Crippen molar-refractivity contribution in [3.05, 3.63) is 65.9 Å². The van der Waals surface area contributed by atoms with Gasteiger partial charge >= 0.3 is 5.97 Å². The lowest BCUT2D eigenvalue weighted by atomic mass is 10.0. The Bertz CT molecular complexity index is 1360. The number of para-hydroxylation sites is 1. The zero-order valence-corrected chi connectivity index (χ0v) is 24.0. The number of fused-ring (bicyclic) bond motifs is 1. The largest absolute Gasteiger partial charge is 0.508 e. The number of carboxylic acid groups (broad SMARTS) is 1. The first-order valence-corrected chi connectivity index (χ1v) is 14.3. The summed E-state index contributed by atoms with van der Waals surface area (Å²) in [6.07, 6.45) is 3.30. The fourth-order valence-corrected chi connectivity index (χ4v) is 4.73. The molecule has 0 spiro atoms. The Kier molecular flexibility index (Phi) is 12.2. The molecule has 1 aromatic heterocycles. The fourth-order valence-electron chi connectivity index (χ4n) is 4.48. The van der Waals surface area contributed by atoms with E-state index in [4.69, 9.17) is 11.5 Å². The topological polar surface area (TPSA) is 213 Å². The summed E-state index contributed by atoms with van der Waals surface area (Å²) in [5.74, 6) is -3.17. The number of hydrogen-bond acceptors (Lipinski definition) is 8. The van der Waals surface area contributed by atoms with Gasteiger partial charge in [0.05, 0.1) is 6.04 Å². The lowest BCUT2D eigenvalue weighted by molar-refractivity contribution is -0.142. The van der Waals surface area contributed by atoms with Crippen molar-refractivity contribution in [2.24, 2.45) is 11.5 Å². The summed E-state index contributed by atoms with van der Waals surface area (Å²) in [5.41, 5.74) is 14.0. The number of phenolic OH excluding ortho intramolecular Hbond substituents is 1. The number of benzene rings is 2. The molecule has 2 aromatic carbocycles. The van der Waals surface area contributed by atoms with E-state index in [1.54, 1.807) is 18.3 Å². The third-order valence-electron chi connectivity index (χ3n) is 6.84. The highest BCUT2D eigenvalue weighted by Gasteiger charge is 2.30. The van der Waals surface area contributed by atoms with Gasteiger partial charge in [-0.25, -0.2) is 4.79 Å². The second-order valence-corrected chi connectivity index (χ2v) is 10.4. The third kappa shape index (κ3) is 9.23. The summed E-state index contributed by atoms with van der Waals surface area (Å²) in [6.45, 7) is 0.401. The van der Waals surface area contributed by atoms with Crippen LogP contribution >= 0.6 is 12.6 Å². The van der Waals surface area contributed by atoms with Gasteiger partial charge in [-0.1, -0.05) is 30.3 Å². The first-order chi connectivity index (χ1) is 20.1. The number of aromatic amines is 1. The first kappa shape index (κ1) is 32.4. The summed E-state index contributed by atoms with van der Waals surface area (Å²) in [7, 11) is 0. The smallest absolute Gasteiger partial charge is 0.326 e. The van der Waals surface area contributed by atoms with Crippen LogP contribution in [0.1, 0.15) is 30.4 Å². The number of H-pyrrole nitrogens is 1. The summed E-state index contributed by atoms with van der Waals surface area (Å²) < 4.78 is 0. The molecule has 3 aromatic rings. The Balaban J connectivity index is 1.76. The molecule has 0 bridgehead atoms. The minimum Gasteiger partial charge on any atom is -0.508 e. The van der Waals surface area contributed by atoms with Crippen molar-refractivity contribution in [2.75, 3.05) is 12.3 Å². The van der Waals surface area contributed by atoms with Crippen LogP contribution in [-0.2, 0) is 32.0 Å². The number of nitrogens with one attached hydrogen (secondary N) is 4. The lowest BCUT2D eigenvalue weighted by Crippen LogP contribution is -2.58. The number of aromatic nitrogens is 1. The van der Waals surface area contributed by atoms with Gasteiger partial charge in [-0.15, -0.1) is 0 Å². The molecule has 0 aliphatic rings. The van der Waals surface area contributed by atoms with Crippen molar-refractivity contribution in [3.63, 3.8) is 0 Å². The molecule has 12 nitrogen and oxygen atoms in total. The van der Waals surface area contributed by atoms with Gasteiger partial charge in [-0.2, -0.15) is 12.6 Å². The van der Waals surface area contributed by atoms with Crippen molar-refractivity contribution in [1.29, 1.82) is 0 Å². The van der Waals surface area contributed by atoms with E-state index < -0.39 is 47.9 Å². The number of phenols is 1. The van der Waals surface area contributed by atoms with Gasteiger partial charge in [-0.05, 0) is 61.6 Å². The van der Waals surface area contributed by atoms with E-state index in [1.807, 2.05) is 24.3 Å². The number of rotatable bonds is 16. The Morgan fingerprint density at radius 2 is 1.50 bits per heavy atom. The molecule has 4 atom stereocenters. The first-order valence-electron chi connectivity index (χ1n) is 13.7. The van der Waals surface area contributed by atoms with Crippen LogP contribution < -0.4 is 27.4 Å². The number of aliphatic carboxylic acids is 1. The van der Waals surface area contributed by atoms with Crippen LogP contribution in [0.4, 0.5) is 0 Å². The molecule has 0 aliphatic heterocycles. The van der Waals surface area contributed by atoms with Gasteiger partial charge in [0.15, 0.2) is 0 Å². The molecular formula is C29H38N6O6S. The Morgan fingerprint density at radius 1 is 0.857 bits per heavy atom. The summed E-state index contributed by atoms with van der Waals surface area (Å²) in [6, 6.07) is 9.34. The molecule has 226 valence electrons. The van der Waals surface area contributed by atoms with Crippen molar-refractivity contribution in [3.8, 4) is 5.75 Å². The average molecular weight is 599 g/mol. The van der Waals surface area contributed by atoms with E-state index in [9.17, 15) is 29.4 Å². The van der Waals surface area contributed by atoms with E-state index in [-0.39, 0.29) is 30.8 Å². The number of amides is 3. The SMILES string of the molecule is NCCCCC(NC(=O)C(CS)NC(=O)C(Cc1c[nH]c2ccccc12)NC(=O)C(N)Cc1ccc(O)cc1)C(=O)O. The van der Waals surface area contributed by atoms with Gasteiger partial charge in [-0.3, -0.25) is 14.4 Å². The average Bonchev–Trinajstić information content (AvgIpc) is 3.38. The number of carbonyl (C=O) groups is 4. The number of hydrogen-bond donors (Lipinski definition) is 9. The van der Waals surface area contributed by atoms with Gasteiger partial charge in [0.2, 0.25) is 17.7 Å². The Labute approximate surface area is 249 Å². The normalized spacial score (nSPS) is 14.0. The van der Waals surface area contributed by atoms with Crippen molar-refractivity contribution >= 4 is 47.2 Å². The monoisotopic (exact) mass is 598 g/mol. The number of aromatic hydroxyl groups is 1. The highest BCUT2D eigenvalue weighted by atomic mass is 32.1. The van der Waals surface area contributed by atoms with E-state index in [2.05, 4.69) is 33.6 Å². The predicted molar refractivity (Wildman–Crippen MR) is 162 cm³/mol. The number of carbonyl (C=O) groups excluding carboxylic acids is 3. The van der Waals surface area contributed by atoms with Gasteiger partial charge in [0.1, 0.15) is 23.9 Å². The molecule has 0 saturated heterocycles. The molecule has 13 heteroatoms. The number of carboxylic acids is 1. The van der Waals surface area contributed by atoms with E-state index in [0.29, 0.717) is 19.4 Å². The summed E-state index contributed by atoms with van der Waals surface area (Å²) >= 11 is 4.19. The number of unbranched alkanes of at least 4 members (excludes halogenated alkanes) is 1. The van der Waals surface area contributed by atoms with Gasteiger partial charge < -0.3 is 42.6 Å². The highest BCUT2D eigenvalue weighted by Crippen LogP contribution is 2.19. The van der Waals surface area contributed by atoms with Crippen molar-refractivity contribution < 1.29 is 29.4 Å². The zero-order valence-electron chi connectivity index (χ0n) is 23.1. The van der Waals surface area contributed by atoms with Crippen LogP contribution in [0.15, 0.2) is 54.7 Å².